The highest BCUT2D eigenvalue weighted by atomic mass is 32.2. The summed E-state index contributed by atoms with van der Waals surface area (Å²) in [7, 11) is 0. The lowest BCUT2D eigenvalue weighted by atomic mass is 10.1. The molecule has 4 nitrogen and oxygen atoms in total. The van der Waals surface area contributed by atoms with Crippen molar-refractivity contribution in [3.05, 3.63) is 23.8 Å². The molecule has 2 unspecified atom stereocenters. The predicted molar refractivity (Wildman–Crippen MR) is 73.0 cm³/mol. The van der Waals surface area contributed by atoms with Crippen LogP contribution in [0.25, 0.3) is 0 Å². The first-order valence-electron chi connectivity index (χ1n) is 5.32. The number of nitrogens with zero attached hydrogens (tertiary/aromatic N) is 1. The Morgan fingerprint density at radius 2 is 2.29 bits per heavy atom. The fraction of sp³-hybridized carbons (Fsp3) is 0.417. The second kappa shape index (κ2) is 6.38. The third-order valence-corrected chi connectivity index (χ3v) is 3.77. The van der Waals surface area contributed by atoms with E-state index in [1.807, 2.05) is 25.3 Å². The minimum Gasteiger partial charge on any atom is -0.398 e. The van der Waals surface area contributed by atoms with E-state index < -0.39 is 0 Å². The molecular weight excluding hydrogens is 234 g/mol. The van der Waals surface area contributed by atoms with Crippen LogP contribution in [0.15, 0.2) is 18.2 Å². The average molecular weight is 251 g/mol. The van der Waals surface area contributed by atoms with Crippen molar-refractivity contribution >= 4 is 23.1 Å². The van der Waals surface area contributed by atoms with Crippen molar-refractivity contribution in [3.63, 3.8) is 0 Å². The molecule has 0 fully saturated rings. The Morgan fingerprint density at radius 1 is 1.59 bits per heavy atom. The van der Waals surface area contributed by atoms with E-state index in [2.05, 4.69) is 5.32 Å². The second-order valence-corrected chi connectivity index (χ2v) is 4.88. The van der Waals surface area contributed by atoms with Crippen LogP contribution in [0.3, 0.4) is 0 Å². The number of nitrogens with one attached hydrogen (secondary N) is 1. The Balaban J connectivity index is 2.78. The predicted octanol–water partition coefficient (Wildman–Crippen LogP) is 1.66. The molecule has 0 spiro atoms. The van der Waals surface area contributed by atoms with Gasteiger partial charge in [0.25, 0.3) is 0 Å². The molecule has 0 saturated heterocycles. The van der Waals surface area contributed by atoms with Crippen LogP contribution in [0.2, 0.25) is 0 Å². The van der Waals surface area contributed by atoms with Crippen LogP contribution in [-0.2, 0) is 0 Å². The van der Waals surface area contributed by atoms with Gasteiger partial charge in [0, 0.05) is 22.7 Å². The number of aliphatic hydroxyl groups excluding tert-OH is 1. The molecule has 92 valence electrons. The number of thioether (sulfide) groups is 1. The number of aliphatic hydroxyl groups is 1. The third-order valence-electron chi connectivity index (χ3n) is 2.61. The van der Waals surface area contributed by atoms with E-state index in [9.17, 15) is 5.11 Å². The van der Waals surface area contributed by atoms with Gasteiger partial charge in [0.05, 0.1) is 12.2 Å². The molecule has 0 aliphatic heterocycles. The highest BCUT2D eigenvalue weighted by molar-refractivity contribution is 7.99. The van der Waals surface area contributed by atoms with Gasteiger partial charge in [-0.3, -0.25) is 0 Å². The molecule has 2 atom stereocenters. The normalized spacial score (nSPS) is 13.8. The number of nitriles is 1. The van der Waals surface area contributed by atoms with E-state index >= 15 is 0 Å². The summed E-state index contributed by atoms with van der Waals surface area (Å²) in [6.45, 7) is 2.12. The van der Waals surface area contributed by atoms with Gasteiger partial charge in [0.1, 0.15) is 6.07 Å². The van der Waals surface area contributed by atoms with E-state index in [4.69, 9.17) is 11.0 Å². The molecule has 17 heavy (non-hydrogen) atoms. The highest BCUT2D eigenvalue weighted by Gasteiger charge is 2.15. The van der Waals surface area contributed by atoms with Crippen LogP contribution in [-0.4, -0.2) is 29.3 Å². The van der Waals surface area contributed by atoms with Crippen molar-refractivity contribution in [3.8, 4) is 6.07 Å². The highest BCUT2D eigenvalue weighted by Crippen LogP contribution is 2.20. The second-order valence-electron chi connectivity index (χ2n) is 3.80. The maximum atomic E-state index is 9.19. The Kier molecular flexibility index (Phi) is 5.13. The van der Waals surface area contributed by atoms with E-state index in [1.165, 1.54) is 0 Å². The summed E-state index contributed by atoms with van der Waals surface area (Å²) in [5, 5.41) is 21.4. The van der Waals surface area contributed by atoms with Crippen molar-refractivity contribution in [2.45, 2.75) is 18.2 Å². The van der Waals surface area contributed by atoms with Gasteiger partial charge < -0.3 is 16.2 Å². The fourth-order valence-corrected chi connectivity index (χ4v) is 2.16. The lowest BCUT2D eigenvalue weighted by Crippen LogP contribution is -2.30. The van der Waals surface area contributed by atoms with Crippen molar-refractivity contribution < 1.29 is 5.11 Å². The number of hydrogen-bond acceptors (Lipinski definition) is 5. The quantitative estimate of drug-likeness (QED) is 0.693. The van der Waals surface area contributed by atoms with Gasteiger partial charge in [-0.1, -0.05) is 0 Å². The number of rotatable bonds is 5. The largest absolute Gasteiger partial charge is 0.398 e. The molecule has 5 heteroatoms. The van der Waals surface area contributed by atoms with E-state index in [-0.39, 0.29) is 17.9 Å². The molecule has 0 amide bonds. The monoisotopic (exact) mass is 251 g/mol. The molecule has 1 rings (SSSR count). The summed E-state index contributed by atoms with van der Waals surface area (Å²) in [6.07, 6.45) is 1.96. The van der Waals surface area contributed by atoms with Crippen LogP contribution in [0, 0.1) is 11.3 Å². The minimum absolute atomic E-state index is 0.116. The third kappa shape index (κ3) is 3.55. The lowest BCUT2D eigenvalue weighted by molar-refractivity contribution is 0.288. The zero-order valence-corrected chi connectivity index (χ0v) is 10.8. The van der Waals surface area contributed by atoms with Crippen LogP contribution < -0.4 is 11.1 Å². The van der Waals surface area contributed by atoms with Crippen LogP contribution in [0.5, 0.6) is 0 Å². The Bertz CT molecular complexity index is 413. The lowest BCUT2D eigenvalue weighted by Gasteiger charge is -2.22. The standard InChI is InChI=1S/C12H17N3OS/c1-8(12(7-16)17-2)15-10-3-4-11(14)9(5-10)6-13/h3-5,8,12,15-16H,7,14H2,1-2H3. The molecule has 0 radical (unpaired) electrons. The minimum atomic E-state index is 0.116. The molecule has 1 aromatic rings. The maximum Gasteiger partial charge on any atom is 0.101 e. The molecule has 0 bridgehead atoms. The fourth-order valence-electron chi connectivity index (χ4n) is 1.54. The first-order chi connectivity index (χ1) is 8.12. The molecule has 0 saturated carbocycles. The summed E-state index contributed by atoms with van der Waals surface area (Å²) in [5.74, 6) is 0. The molecule has 0 heterocycles. The van der Waals surface area contributed by atoms with Crippen molar-refractivity contribution in [1.82, 2.24) is 0 Å². The molecule has 0 aromatic heterocycles. The molecule has 4 N–H and O–H groups in total. The summed E-state index contributed by atoms with van der Waals surface area (Å²) in [5.41, 5.74) is 7.44. The van der Waals surface area contributed by atoms with Crippen LogP contribution in [0.4, 0.5) is 11.4 Å². The first kappa shape index (κ1) is 13.7. The average Bonchev–Trinajstić information content (AvgIpc) is 2.33. The van der Waals surface area contributed by atoms with Crippen LogP contribution >= 0.6 is 11.8 Å². The van der Waals surface area contributed by atoms with Crippen molar-refractivity contribution in [2.75, 3.05) is 23.9 Å². The zero-order chi connectivity index (χ0) is 12.8. The van der Waals surface area contributed by atoms with Crippen LogP contribution in [0.1, 0.15) is 12.5 Å². The number of nitrogens with two attached hydrogens (primary N) is 1. The van der Waals surface area contributed by atoms with Gasteiger partial charge in [-0.05, 0) is 31.4 Å². The van der Waals surface area contributed by atoms with E-state index in [0.29, 0.717) is 11.3 Å². The Morgan fingerprint density at radius 3 is 2.82 bits per heavy atom. The van der Waals surface area contributed by atoms with Gasteiger partial charge in [0.2, 0.25) is 0 Å². The molecule has 1 aromatic carbocycles. The first-order valence-corrected chi connectivity index (χ1v) is 6.61. The smallest absolute Gasteiger partial charge is 0.101 e. The summed E-state index contributed by atoms with van der Waals surface area (Å²) >= 11 is 1.61. The van der Waals surface area contributed by atoms with E-state index in [1.54, 1.807) is 23.9 Å². The van der Waals surface area contributed by atoms with Gasteiger partial charge in [-0.2, -0.15) is 17.0 Å². The van der Waals surface area contributed by atoms with Crippen molar-refractivity contribution in [2.24, 2.45) is 0 Å². The number of anilines is 2. The summed E-state index contributed by atoms with van der Waals surface area (Å²) < 4.78 is 0. The topological polar surface area (TPSA) is 82.1 Å². The number of hydrogen-bond donors (Lipinski definition) is 3. The number of nitrogen functional groups attached to an aromatic ring is 1. The summed E-state index contributed by atoms with van der Waals surface area (Å²) in [4.78, 5) is 0. The van der Waals surface area contributed by atoms with Crippen molar-refractivity contribution in [1.29, 1.82) is 5.26 Å². The maximum absolute atomic E-state index is 9.19. The molecule has 0 aliphatic carbocycles. The van der Waals surface area contributed by atoms with Gasteiger partial charge in [0.15, 0.2) is 0 Å². The summed E-state index contributed by atoms with van der Waals surface area (Å²) in [6, 6.07) is 7.43. The van der Waals surface area contributed by atoms with Gasteiger partial charge in [-0.15, -0.1) is 0 Å². The number of benzene rings is 1. The van der Waals surface area contributed by atoms with Gasteiger partial charge >= 0.3 is 0 Å². The Labute approximate surface area is 106 Å². The molecule has 0 aliphatic rings. The zero-order valence-electron chi connectivity index (χ0n) is 9.97. The Hall–Kier alpha value is -1.38. The van der Waals surface area contributed by atoms with E-state index in [0.717, 1.165) is 5.69 Å². The molecular formula is C12H17N3OS. The van der Waals surface area contributed by atoms with Gasteiger partial charge in [-0.25, -0.2) is 0 Å². The SMILES string of the molecule is CSC(CO)C(C)Nc1ccc(N)c(C#N)c1.